The Morgan fingerprint density at radius 3 is 2.61 bits per heavy atom. The summed E-state index contributed by atoms with van der Waals surface area (Å²) >= 11 is 5.22. The van der Waals surface area contributed by atoms with Crippen LogP contribution in [0.25, 0.3) is 0 Å². The van der Waals surface area contributed by atoms with Gasteiger partial charge >= 0.3 is 0 Å². The molecule has 0 unspecified atom stereocenters. The number of nitrogens with one attached hydrogen (secondary N) is 1. The van der Waals surface area contributed by atoms with Crippen LogP contribution in [0.15, 0.2) is 58.9 Å². The molecule has 2 saturated heterocycles. The molecule has 1 aromatic carbocycles. The van der Waals surface area contributed by atoms with E-state index in [1.807, 2.05) is 4.90 Å². The maximum atomic E-state index is 13.1. The molecule has 2 aliphatic rings. The molecule has 0 atom stereocenters. The van der Waals surface area contributed by atoms with E-state index in [0.717, 1.165) is 0 Å². The lowest BCUT2D eigenvalue weighted by atomic mass is 10.1. The first-order chi connectivity index (χ1) is 15.0. The van der Waals surface area contributed by atoms with Gasteiger partial charge in [-0.1, -0.05) is 6.07 Å². The third-order valence-electron chi connectivity index (χ3n) is 5.06. The largest absolute Gasteiger partial charge is 0.497 e. The van der Waals surface area contributed by atoms with Crippen LogP contribution in [0.5, 0.6) is 5.75 Å². The first kappa shape index (κ1) is 20.6. The zero-order valence-corrected chi connectivity index (χ0v) is 17.6. The lowest BCUT2D eigenvalue weighted by molar-refractivity contribution is -0.122. The number of nitrogens with zero attached hydrogens (tertiary/aromatic N) is 3. The van der Waals surface area contributed by atoms with Gasteiger partial charge in [-0.15, -0.1) is 0 Å². The fourth-order valence-corrected chi connectivity index (χ4v) is 3.70. The molecule has 1 N–H and O–H groups in total. The number of hydrogen-bond acceptors (Lipinski definition) is 7. The Balaban J connectivity index is 1.49. The van der Waals surface area contributed by atoms with Crippen molar-refractivity contribution in [2.24, 2.45) is 0 Å². The van der Waals surface area contributed by atoms with Crippen LogP contribution < -0.4 is 15.0 Å². The molecule has 9 nitrogen and oxygen atoms in total. The van der Waals surface area contributed by atoms with Crippen molar-refractivity contribution in [2.45, 2.75) is 0 Å². The quantitative estimate of drug-likeness (QED) is 0.436. The minimum absolute atomic E-state index is 0.00858. The molecule has 31 heavy (non-hydrogen) atoms. The van der Waals surface area contributed by atoms with Crippen molar-refractivity contribution in [2.75, 3.05) is 38.2 Å². The average Bonchev–Trinajstić information content (AvgIpc) is 3.31. The third-order valence-corrected chi connectivity index (χ3v) is 5.34. The molecule has 0 aliphatic carbocycles. The topological polar surface area (TPSA) is 95.3 Å². The van der Waals surface area contributed by atoms with Gasteiger partial charge in [0.25, 0.3) is 17.7 Å². The fourth-order valence-electron chi connectivity index (χ4n) is 3.42. The van der Waals surface area contributed by atoms with Gasteiger partial charge in [-0.05, 0) is 36.5 Å². The molecule has 1 aromatic heterocycles. The summed E-state index contributed by atoms with van der Waals surface area (Å²) in [6, 6.07) is 10.1. The molecule has 160 valence electrons. The zero-order chi connectivity index (χ0) is 22.0. The monoisotopic (exact) mass is 440 g/mol. The first-order valence-electron chi connectivity index (χ1n) is 9.60. The Hall–Kier alpha value is -3.66. The smallest absolute Gasteiger partial charge is 0.289 e. The highest BCUT2D eigenvalue weighted by Gasteiger charge is 2.35. The Kier molecular flexibility index (Phi) is 5.72. The number of carbonyl (C=O) groups excluding carboxylic acids is 3. The predicted molar refractivity (Wildman–Crippen MR) is 115 cm³/mol. The van der Waals surface area contributed by atoms with Gasteiger partial charge in [0.05, 0.1) is 19.1 Å². The summed E-state index contributed by atoms with van der Waals surface area (Å²) in [7, 11) is 1.53. The van der Waals surface area contributed by atoms with Gasteiger partial charge in [-0.2, -0.15) is 0 Å². The van der Waals surface area contributed by atoms with E-state index in [9.17, 15) is 14.4 Å². The van der Waals surface area contributed by atoms with Crippen molar-refractivity contribution in [1.29, 1.82) is 0 Å². The number of rotatable bonds is 4. The summed E-state index contributed by atoms with van der Waals surface area (Å²) in [6.45, 7) is 1.83. The van der Waals surface area contributed by atoms with Crippen molar-refractivity contribution < 1.29 is 23.5 Å². The maximum absolute atomic E-state index is 13.1. The van der Waals surface area contributed by atoms with Crippen LogP contribution in [-0.4, -0.2) is 65.9 Å². The standard InChI is InChI=1S/C21H20N4O5S/c1-29-15-5-2-4-14(12-15)25-19(27)16(18(26)22-21(25)31)13-23-7-9-24(10-8-23)20(28)17-6-3-11-30-17/h2-6,11-13H,7-10H2,1H3,(H,22,26,31). The number of hydrogen-bond donors (Lipinski definition) is 1. The highest BCUT2D eigenvalue weighted by molar-refractivity contribution is 7.80. The van der Waals surface area contributed by atoms with Crippen molar-refractivity contribution in [1.82, 2.24) is 15.1 Å². The SMILES string of the molecule is COc1cccc(N2C(=O)C(=CN3CCN(C(=O)c4ccco4)CC3)C(=O)NC2=S)c1. The second kappa shape index (κ2) is 8.60. The van der Waals surface area contributed by atoms with Crippen LogP contribution in [0, 0.1) is 0 Å². The van der Waals surface area contributed by atoms with Gasteiger partial charge in [-0.3, -0.25) is 24.6 Å². The zero-order valence-electron chi connectivity index (χ0n) is 16.7. The molecule has 2 fully saturated rings. The maximum Gasteiger partial charge on any atom is 0.289 e. The van der Waals surface area contributed by atoms with Crippen molar-refractivity contribution in [3.8, 4) is 5.75 Å². The molecule has 2 aliphatic heterocycles. The molecule has 0 saturated carbocycles. The Labute approximate surface area is 183 Å². The van der Waals surface area contributed by atoms with Crippen LogP contribution in [0.4, 0.5) is 5.69 Å². The number of methoxy groups -OCH3 is 1. The minimum Gasteiger partial charge on any atom is -0.497 e. The summed E-state index contributed by atoms with van der Waals surface area (Å²) < 4.78 is 10.4. The summed E-state index contributed by atoms with van der Waals surface area (Å²) in [4.78, 5) is 42.8. The lowest BCUT2D eigenvalue weighted by Gasteiger charge is -2.35. The van der Waals surface area contributed by atoms with E-state index in [1.165, 1.54) is 24.5 Å². The Morgan fingerprint density at radius 1 is 1.16 bits per heavy atom. The molecule has 10 heteroatoms. The second-order valence-electron chi connectivity index (χ2n) is 6.95. The van der Waals surface area contributed by atoms with Gasteiger partial charge in [0, 0.05) is 38.4 Å². The minimum atomic E-state index is -0.553. The van der Waals surface area contributed by atoms with Gasteiger partial charge in [0.15, 0.2) is 10.9 Å². The number of furan rings is 1. The predicted octanol–water partition coefficient (Wildman–Crippen LogP) is 1.38. The number of anilines is 1. The molecule has 0 radical (unpaired) electrons. The van der Waals surface area contributed by atoms with Crippen LogP contribution in [0.1, 0.15) is 10.6 Å². The second-order valence-corrected chi connectivity index (χ2v) is 7.34. The Bertz CT molecular complexity index is 1060. The van der Waals surface area contributed by atoms with Gasteiger partial charge in [0.2, 0.25) is 0 Å². The molecular weight excluding hydrogens is 420 g/mol. The van der Waals surface area contributed by atoms with E-state index in [4.69, 9.17) is 21.4 Å². The van der Waals surface area contributed by atoms with Gasteiger partial charge < -0.3 is 19.0 Å². The van der Waals surface area contributed by atoms with E-state index < -0.39 is 11.8 Å². The highest BCUT2D eigenvalue weighted by Crippen LogP contribution is 2.25. The fraction of sp³-hybridized carbons (Fsp3) is 0.238. The molecule has 0 spiro atoms. The molecule has 0 bridgehead atoms. The van der Waals surface area contributed by atoms with E-state index >= 15 is 0 Å². The average molecular weight is 440 g/mol. The van der Waals surface area contributed by atoms with Crippen LogP contribution >= 0.6 is 12.2 Å². The molecule has 2 aromatic rings. The van der Waals surface area contributed by atoms with E-state index in [-0.39, 0.29) is 22.4 Å². The van der Waals surface area contributed by atoms with Crippen molar-refractivity contribution >= 4 is 40.7 Å². The van der Waals surface area contributed by atoms with Crippen LogP contribution in [0.2, 0.25) is 0 Å². The summed E-state index contributed by atoms with van der Waals surface area (Å²) in [5.41, 5.74) is 0.469. The lowest BCUT2D eigenvalue weighted by Crippen LogP contribution is -2.55. The van der Waals surface area contributed by atoms with Crippen LogP contribution in [0.3, 0.4) is 0 Å². The molecule has 3 amide bonds. The van der Waals surface area contributed by atoms with Crippen molar-refractivity contribution in [3.05, 3.63) is 60.2 Å². The summed E-state index contributed by atoms with van der Waals surface area (Å²) in [5.74, 6) is -0.401. The third kappa shape index (κ3) is 4.15. The molecule has 4 rings (SSSR count). The molecular formula is C21H20N4O5S. The molecule has 3 heterocycles. The normalized spacial score (nSPS) is 18.4. The Morgan fingerprint density at radius 2 is 1.94 bits per heavy atom. The van der Waals surface area contributed by atoms with E-state index in [2.05, 4.69) is 5.32 Å². The number of benzene rings is 1. The van der Waals surface area contributed by atoms with E-state index in [0.29, 0.717) is 37.6 Å². The first-order valence-corrected chi connectivity index (χ1v) is 10.0. The number of amides is 3. The van der Waals surface area contributed by atoms with Gasteiger partial charge in [-0.25, -0.2) is 0 Å². The number of piperazine rings is 1. The summed E-state index contributed by atoms with van der Waals surface area (Å²) in [5, 5.41) is 2.57. The van der Waals surface area contributed by atoms with Gasteiger partial charge in [0.1, 0.15) is 11.3 Å². The summed E-state index contributed by atoms with van der Waals surface area (Å²) in [6.07, 6.45) is 2.99. The van der Waals surface area contributed by atoms with Crippen molar-refractivity contribution in [3.63, 3.8) is 0 Å². The number of thiocarbonyl (C=S) groups is 1. The van der Waals surface area contributed by atoms with Crippen LogP contribution in [-0.2, 0) is 9.59 Å². The highest BCUT2D eigenvalue weighted by atomic mass is 32.1. The number of ether oxygens (including phenoxy) is 1. The van der Waals surface area contributed by atoms with E-state index in [1.54, 1.807) is 41.3 Å². The number of carbonyl (C=O) groups is 3.